The van der Waals surface area contributed by atoms with Crippen molar-refractivity contribution in [2.24, 2.45) is 7.05 Å². The molecule has 0 saturated heterocycles. The fourth-order valence-electron chi connectivity index (χ4n) is 2.35. The second-order valence-corrected chi connectivity index (χ2v) is 5.78. The van der Waals surface area contributed by atoms with Crippen LogP contribution in [0.25, 0.3) is 0 Å². The quantitative estimate of drug-likeness (QED) is 0.832. The van der Waals surface area contributed by atoms with Gasteiger partial charge in [-0.1, -0.05) is 31.2 Å². The first-order valence-electron chi connectivity index (χ1n) is 7.14. The molecule has 0 fully saturated rings. The minimum Gasteiger partial charge on any atom is -0.380 e. The van der Waals surface area contributed by atoms with Crippen molar-refractivity contribution in [2.45, 2.75) is 33.0 Å². The van der Waals surface area contributed by atoms with Crippen LogP contribution in [0.3, 0.4) is 0 Å². The topological polar surface area (TPSA) is 39.1 Å². The van der Waals surface area contributed by atoms with Gasteiger partial charge in [0, 0.05) is 27.2 Å². The van der Waals surface area contributed by atoms with Crippen LogP contribution in [0.4, 0.5) is 0 Å². The lowest BCUT2D eigenvalue weighted by atomic mass is 10.1. The number of aryl methyl sites for hydroxylation is 2. The molecule has 2 aromatic rings. The maximum absolute atomic E-state index is 5.24. The molecule has 0 bridgehead atoms. The van der Waals surface area contributed by atoms with Gasteiger partial charge in [0.1, 0.15) is 0 Å². The molecule has 1 N–H and O–H groups in total. The van der Waals surface area contributed by atoms with E-state index < -0.39 is 0 Å². The van der Waals surface area contributed by atoms with E-state index in [-0.39, 0.29) is 0 Å². The molecule has 0 aliphatic heterocycles. The van der Waals surface area contributed by atoms with Crippen LogP contribution < -0.4 is 5.32 Å². The number of hydrogen-bond acceptors (Lipinski definition) is 3. The maximum atomic E-state index is 5.24. The average Bonchev–Trinajstić information content (AvgIpc) is 2.76. The summed E-state index contributed by atoms with van der Waals surface area (Å²) < 4.78 is 8.30. The Morgan fingerprint density at radius 2 is 1.95 bits per heavy atom. The van der Waals surface area contributed by atoms with Gasteiger partial charge in [0.25, 0.3) is 0 Å². The summed E-state index contributed by atoms with van der Waals surface area (Å²) in [6, 6.07) is 8.35. The first-order chi connectivity index (χ1) is 10.2. The van der Waals surface area contributed by atoms with Crippen molar-refractivity contribution in [3.8, 4) is 0 Å². The van der Waals surface area contributed by atoms with Crippen molar-refractivity contribution < 1.29 is 4.74 Å². The monoisotopic (exact) mass is 351 g/mol. The number of halogens is 1. The molecule has 2 rings (SSSR count). The van der Waals surface area contributed by atoms with E-state index in [0.717, 1.165) is 29.7 Å². The van der Waals surface area contributed by atoms with Crippen molar-refractivity contribution >= 4 is 15.9 Å². The van der Waals surface area contributed by atoms with Gasteiger partial charge in [0.15, 0.2) is 0 Å². The summed E-state index contributed by atoms with van der Waals surface area (Å²) in [7, 11) is 3.71. The van der Waals surface area contributed by atoms with E-state index in [2.05, 4.69) is 51.5 Å². The van der Waals surface area contributed by atoms with E-state index >= 15 is 0 Å². The van der Waals surface area contributed by atoms with Crippen molar-refractivity contribution in [1.29, 1.82) is 0 Å². The zero-order chi connectivity index (χ0) is 15.2. The lowest BCUT2D eigenvalue weighted by Crippen LogP contribution is -2.16. The lowest BCUT2D eigenvalue weighted by Gasteiger charge is -2.10. The third-order valence-corrected chi connectivity index (χ3v) is 4.44. The summed E-state index contributed by atoms with van der Waals surface area (Å²) >= 11 is 3.64. The van der Waals surface area contributed by atoms with Gasteiger partial charge in [-0.15, -0.1) is 0 Å². The van der Waals surface area contributed by atoms with Crippen molar-refractivity contribution in [2.75, 3.05) is 7.11 Å². The van der Waals surface area contributed by atoms with Gasteiger partial charge in [-0.3, -0.25) is 4.68 Å². The Balaban J connectivity index is 2.00. The molecular weight excluding hydrogens is 330 g/mol. The zero-order valence-electron chi connectivity index (χ0n) is 12.8. The van der Waals surface area contributed by atoms with Gasteiger partial charge in [0.2, 0.25) is 0 Å². The zero-order valence-corrected chi connectivity index (χ0v) is 14.4. The van der Waals surface area contributed by atoms with Crippen LogP contribution in [0.2, 0.25) is 0 Å². The molecule has 0 atom stereocenters. The molecule has 0 unspecified atom stereocenters. The fourth-order valence-corrected chi connectivity index (χ4v) is 3.11. The number of nitrogens with zero attached hydrogens (tertiary/aromatic N) is 2. The van der Waals surface area contributed by atoms with Gasteiger partial charge in [-0.2, -0.15) is 5.10 Å². The molecule has 0 saturated carbocycles. The molecule has 0 aliphatic carbocycles. The van der Waals surface area contributed by atoms with Crippen LogP contribution >= 0.6 is 15.9 Å². The standard InChI is InChI=1S/C16H22BrN3O/c1-4-14-16(17)15(20(2)19-14)10-18-9-12-7-5-6-8-13(12)11-21-3/h5-8,18H,4,9-11H2,1-3H3. The molecule has 0 radical (unpaired) electrons. The summed E-state index contributed by atoms with van der Waals surface area (Å²) in [5, 5.41) is 8.00. The third-order valence-electron chi connectivity index (χ3n) is 3.53. The predicted octanol–water partition coefficient (Wildman–Crippen LogP) is 3.18. The minimum absolute atomic E-state index is 0.646. The number of benzene rings is 1. The number of ether oxygens (including phenoxy) is 1. The number of methoxy groups -OCH3 is 1. The van der Waals surface area contributed by atoms with Crippen molar-refractivity contribution in [1.82, 2.24) is 15.1 Å². The second kappa shape index (κ2) is 7.73. The summed E-state index contributed by atoms with van der Waals surface area (Å²) in [5.74, 6) is 0. The van der Waals surface area contributed by atoms with Gasteiger partial charge in [0.05, 0.1) is 22.5 Å². The number of rotatable bonds is 7. The molecule has 21 heavy (non-hydrogen) atoms. The number of nitrogens with one attached hydrogen (secondary N) is 1. The van der Waals surface area contributed by atoms with Crippen LogP contribution in [0, 0.1) is 0 Å². The molecule has 1 aromatic carbocycles. The van der Waals surface area contributed by atoms with Crippen LogP contribution in [-0.4, -0.2) is 16.9 Å². The highest BCUT2D eigenvalue weighted by molar-refractivity contribution is 9.10. The molecule has 0 aliphatic rings. The predicted molar refractivity (Wildman–Crippen MR) is 88.0 cm³/mol. The van der Waals surface area contributed by atoms with E-state index in [1.54, 1.807) is 7.11 Å². The van der Waals surface area contributed by atoms with Crippen molar-refractivity contribution in [3.63, 3.8) is 0 Å². The largest absolute Gasteiger partial charge is 0.380 e. The van der Waals surface area contributed by atoms with E-state index in [4.69, 9.17) is 4.74 Å². The van der Waals surface area contributed by atoms with Gasteiger partial charge in [-0.05, 0) is 33.5 Å². The summed E-state index contributed by atoms with van der Waals surface area (Å²) in [6.07, 6.45) is 0.936. The summed E-state index contributed by atoms with van der Waals surface area (Å²) in [6.45, 7) is 4.36. The van der Waals surface area contributed by atoms with Gasteiger partial charge >= 0.3 is 0 Å². The van der Waals surface area contributed by atoms with Crippen molar-refractivity contribution in [3.05, 3.63) is 51.3 Å². The van der Waals surface area contributed by atoms with Crippen LogP contribution in [0.5, 0.6) is 0 Å². The Morgan fingerprint density at radius 3 is 2.57 bits per heavy atom. The first kappa shape index (κ1) is 16.2. The smallest absolute Gasteiger partial charge is 0.0767 e. The normalized spacial score (nSPS) is 11.0. The molecule has 0 amide bonds. The Morgan fingerprint density at radius 1 is 1.24 bits per heavy atom. The van der Waals surface area contributed by atoms with Crippen LogP contribution in [0.15, 0.2) is 28.7 Å². The average molecular weight is 352 g/mol. The van der Waals surface area contributed by atoms with E-state index in [1.807, 2.05) is 17.8 Å². The second-order valence-electron chi connectivity index (χ2n) is 4.99. The molecule has 4 nitrogen and oxygen atoms in total. The van der Waals surface area contributed by atoms with Crippen LogP contribution in [-0.2, 0) is 37.9 Å². The Bertz CT molecular complexity index is 595. The molecule has 1 heterocycles. The minimum atomic E-state index is 0.646. The Labute approximate surface area is 134 Å². The highest BCUT2D eigenvalue weighted by atomic mass is 79.9. The molecular formula is C16H22BrN3O. The molecule has 0 spiro atoms. The van der Waals surface area contributed by atoms with E-state index in [1.165, 1.54) is 16.8 Å². The molecule has 114 valence electrons. The molecule has 5 heteroatoms. The van der Waals surface area contributed by atoms with Gasteiger partial charge < -0.3 is 10.1 Å². The highest BCUT2D eigenvalue weighted by Crippen LogP contribution is 2.21. The Hall–Kier alpha value is -1.17. The Kier molecular flexibility index (Phi) is 5.96. The SMILES string of the molecule is CCc1nn(C)c(CNCc2ccccc2COC)c1Br. The van der Waals surface area contributed by atoms with Gasteiger partial charge in [-0.25, -0.2) is 0 Å². The molecule has 1 aromatic heterocycles. The number of aromatic nitrogens is 2. The third kappa shape index (κ3) is 3.93. The summed E-state index contributed by atoms with van der Waals surface area (Å²) in [5.41, 5.74) is 4.78. The van der Waals surface area contributed by atoms with E-state index in [0.29, 0.717) is 6.61 Å². The first-order valence-corrected chi connectivity index (χ1v) is 7.93. The fraction of sp³-hybridized carbons (Fsp3) is 0.438. The highest BCUT2D eigenvalue weighted by Gasteiger charge is 2.12. The maximum Gasteiger partial charge on any atom is 0.0767 e. The lowest BCUT2D eigenvalue weighted by molar-refractivity contribution is 0.184. The number of hydrogen-bond donors (Lipinski definition) is 1. The van der Waals surface area contributed by atoms with E-state index in [9.17, 15) is 0 Å². The summed E-state index contributed by atoms with van der Waals surface area (Å²) in [4.78, 5) is 0. The van der Waals surface area contributed by atoms with Crippen LogP contribution in [0.1, 0.15) is 29.4 Å².